The van der Waals surface area contributed by atoms with Crippen LogP contribution in [0.4, 0.5) is 0 Å². The molecule has 2 heterocycles. The van der Waals surface area contributed by atoms with E-state index in [-0.39, 0.29) is 6.61 Å². The van der Waals surface area contributed by atoms with E-state index in [0.29, 0.717) is 18.8 Å². The van der Waals surface area contributed by atoms with Crippen LogP contribution >= 0.6 is 0 Å². The fraction of sp³-hybridized carbons (Fsp3) is 0.611. The number of ether oxygens (including phenoxy) is 5. The zero-order chi connectivity index (χ0) is 20.4. The van der Waals surface area contributed by atoms with Gasteiger partial charge in [0, 0.05) is 10.5 Å². The molecule has 0 bridgehead atoms. The maximum Gasteiger partial charge on any atom is 0.320 e. The fourth-order valence-electron chi connectivity index (χ4n) is 3.29. The van der Waals surface area contributed by atoms with Crippen LogP contribution in [0, 0.1) is 0 Å². The van der Waals surface area contributed by atoms with Crippen molar-refractivity contribution in [3.63, 3.8) is 0 Å². The number of carbonyl (C=O) groups is 1. The molecule has 10 heteroatoms. The Balaban J connectivity index is 1.88. The van der Waals surface area contributed by atoms with E-state index >= 15 is 0 Å². The standard InChI is InChI=1S/C18H23N3O7/c1-17(2)26-10-18(16(22)23,20-21-19)14(28-17)13-8-9-25-15(27-13)11-4-6-12(24-3)7-5-11/h4-7,13-15H,8-10H2,1-3H3,(H,22,23)/t13-,14+,15-,18-/m1/s1. The number of rotatable bonds is 5. The molecule has 1 aromatic carbocycles. The van der Waals surface area contributed by atoms with Gasteiger partial charge in [-0.25, -0.2) is 0 Å². The first-order valence-electron chi connectivity index (χ1n) is 8.84. The average molecular weight is 393 g/mol. The number of carboxylic acid groups (broad SMARTS) is 1. The molecule has 0 saturated carbocycles. The van der Waals surface area contributed by atoms with Crippen molar-refractivity contribution in [1.29, 1.82) is 0 Å². The van der Waals surface area contributed by atoms with Crippen molar-refractivity contribution in [3.05, 3.63) is 40.3 Å². The van der Waals surface area contributed by atoms with Crippen molar-refractivity contribution >= 4 is 5.97 Å². The second-order valence-corrected chi connectivity index (χ2v) is 7.08. The van der Waals surface area contributed by atoms with Crippen LogP contribution in [0.15, 0.2) is 29.4 Å². The molecule has 152 valence electrons. The first-order chi connectivity index (χ1) is 13.3. The molecule has 1 aromatic rings. The van der Waals surface area contributed by atoms with E-state index in [1.54, 1.807) is 45.2 Å². The van der Waals surface area contributed by atoms with Crippen molar-refractivity contribution in [2.75, 3.05) is 20.3 Å². The first kappa shape index (κ1) is 20.4. The zero-order valence-electron chi connectivity index (χ0n) is 15.9. The Morgan fingerprint density at radius 3 is 2.68 bits per heavy atom. The van der Waals surface area contributed by atoms with E-state index in [9.17, 15) is 9.90 Å². The summed E-state index contributed by atoms with van der Waals surface area (Å²) in [4.78, 5) is 14.8. The molecule has 2 aliphatic rings. The highest BCUT2D eigenvalue weighted by Gasteiger charge is 2.57. The minimum absolute atomic E-state index is 0.321. The highest BCUT2D eigenvalue weighted by atomic mass is 16.7. The van der Waals surface area contributed by atoms with Gasteiger partial charge in [0.2, 0.25) is 0 Å². The summed E-state index contributed by atoms with van der Waals surface area (Å²) < 4.78 is 28.3. The van der Waals surface area contributed by atoms with Crippen LogP contribution in [0.25, 0.3) is 10.4 Å². The number of azide groups is 1. The summed E-state index contributed by atoms with van der Waals surface area (Å²) in [5.41, 5.74) is 7.78. The van der Waals surface area contributed by atoms with Gasteiger partial charge in [0.05, 0.1) is 26.4 Å². The van der Waals surface area contributed by atoms with Crippen LogP contribution in [-0.4, -0.2) is 54.9 Å². The van der Waals surface area contributed by atoms with E-state index in [4.69, 9.17) is 29.2 Å². The van der Waals surface area contributed by atoms with Crippen LogP contribution < -0.4 is 4.74 Å². The third-order valence-corrected chi connectivity index (χ3v) is 4.81. The predicted octanol–water partition coefficient (Wildman–Crippen LogP) is 2.78. The van der Waals surface area contributed by atoms with Crippen molar-refractivity contribution in [3.8, 4) is 5.75 Å². The maximum absolute atomic E-state index is 12.0. The van der Waals surface area contributed by atoms with E-state index in [1.807, 2.05) is 0 Å². The molecule has 0 amide bonds. The fourth-order valence-corrected chi connectivity index (χ4v) is 3.29. The van der Waals surface area contributed by atoms with Gasteiger partial charge in [-0.1, -0.05) is 17.2 Å². The number of methoxy groups -OCH3 is 1. The van der Waals surface area contributed by atoms with Gasteiger partial charge in [0.15, 0.2) is 17.6 Å². The van der Waals surface area contributed by atoms with Crippen molar-refractivity contribution in [2.45, 2.75) is 50.1 Å². The summed E-state index contributed by atoms with van der Waals surface area (Å²) in [7, 11) is 1.57. The van der Waals surface area contributed by atoms with E-state index in [0.717, 1.165) is 5.56 Å². The van der Waals surface area contributed by atoms with Gasteiger partial charge in [-0.05, 0) is 37.9 Å². The van der Waals surface area contributed by atoms with Gasteiger partial charge in [0.1, 0.15) is 11.9 Å². The molecule has 2 aliphatic heterocycles. The Kier molecular flexibility index (Phi) is 5.78. The average Bonchev–Trinajstić information content (AvgIpc) is 2.69. The van der Waals surface area contributed by atoms with Crippen molar-refractivity contribution in [2.24, 2.45) is 5.11 Å². The number of benzene rings is 1. The molecule has 3 rings (SSSR count). The Bertz CT molecular complexity index is 759. The monoisotopic (exact) mass is 393 g/mol. The molecule has 0 radical (unpaired) electrons. The quantitative estimate of drug-likeness (QED) is 0.462. The Morgan fingerprint density at radius 2 is 2.07 bits per heavy atom. The summed E-state index contributed by atoms with van der Waals surface area (Å²) in [6.07, 6.45) is -2.06. The van der Waals surface area contributed by atoms with Crippen LogP contribution in [0.3, 0.4) is 0 Å². The summed E-state index contributed by atoms with van der Waals surface area (Å²) in [6, 6.07) is 7.17. The lowest BCUT2D eigenvalue weighted by Crippen LogP contribution is -2.65. The molecule has 4 atom stereocenters. The number of hydrogen-bond acceptors (Lipinski definition) is 7. The summed E-state index contributed by atoms with van der Waals surface area (Å²) in [6.45, 7) is 3.34. The van der Waals surface area contributed by atoms with E-state index in [2.05, 4.69) is 10.0 Å². The summed E-state index contributed by atoms with van der Waals surface area (Å²) in [5.74, 6) is -1.69. The third kappa shape index (κ3) is 3.91. The van der Waals surface area contributed by atoms with Gasteiger partial charge < -0.3 is 28.8 Å². The second kappa shape index (κ2) is 7.94. The maximum atomic E-state index is 12.0. The first-order valence-corrected chi connectivity index (χ1v) is 8.84. The lowest BCUT2D eigenvalue weighted by atomic mass is 9.87. The molecule has 1 N–H and O–H groups in total. The molecule has 28 heavy (non-hydrogen) atoms. The van der Waals surface area contributed by atoms with Crippen LogP contribution in [-0.2, 0) is 23.7 Å². The zero-order valence-corrected chi connectivity index (χ0v) is 15.9. The Labute approximate surface area is 161 Å². The predicted molar refractivity (Wildman–Crippen MR) is 95.6 cm³/mol. The largest absolute Gasteiger partial charge is 0.497 e. The van der Waals surface area contributed by atoms with Crippen LogP contribution in [0.5, 0.6) is 5.75 Å². The lowest BCUT2D eigenvalue weighted by molar-refractivity contribution is -0.334. The minimum Gasteiger partial charge on any atom is -0.497 e. The molecule has 10 nitrogen and oxygen atoms in total. The third-order valence-electron chi connectivity index (χ3n) is 4.81. The van der Waals surface area contributed by atoms with Gasteiger partial charge in [0.25, 0.3) is 0 Å². The number of hydrogen-bond donors (Lipinski definition) is 1. The SMILES string of the molecule is COc1ccc([C@@H]2OCC[C@H]([C@@H]3OC(C)(C)OC[C@]3(N=[N+]=[N-])C(=O)O)O2)cc1. The smallest absolute Gasteiger partial charge is 0.320 e. The molecular weight excluding hydrogens is 370 g/mol. The lowest BCUT2D eigenvalue weighted by Gasteiger charge is -2.48. The summed E-state index contributed by atoms with van der Waals surface area (Å²) >= 11 is 0. The number of carboxylic acids is 1. The molecule has 2 saturated heterocycles. The Morgan fingerprint density at radius 1 is 1.36 bits per heavy atom. The normalized spacial score (nSPS) is 32.2. The number of aliphatic carboxylic acids is 1. The molecule has 0 aromatic heterocycles. The second-order valence-electron chi connectivity index (χ2n) is 7.08. The highest BCUT2D eigenvalue weighted by Crippen LogP contribution is 2.39. The highest BCUT2D eigenvalue weighted by molar-refractivity contribution is 5.80. The molecular formula is C18H23N3O7. The van der Waals surface area contributed by atoms with Crippen LogP contribution in [0.2, 0.25) is 0 Å². The van der Waals surface area contributed by atoms with E-state index in [1.165, 1.54) is 0 Å². The van der Waals surface area contributed by atoms with E-state index < -0.39 is 35.8 Å². The number of nitrogens with zero attached hydrogens (tertiary/aromatic N) is 3. The van der Waals surface area contributed by atoms with Gasteiger partial charge in [-0.3, -0.25) is 4.79 Å². The topological polar surface area (TPSA) is 132 Å². The molecule has 0 aliphatic carbocycles. The van der Waals surface area contributed by atoms with Gasteiger partial charge >= 0.3 is 5.97 Å². The molecule has 2 fully saturated rings. The Hall–Kier alpha value is -2.36. The summed E-state index contributed by atoms with van der Waals surface area (Å²) in [5, 5.41) is 13.4. The molecule has 0 unspecified atom stereocenters. The van der Waals surface area contributed by atoms with Crippen molar-refractivity contribution < 1.29 is 33.6 Å². The van der Waals surface area contributed by atoms with Crippen LogP contribution in [0.1, 0.15) is 32.1 Å². The molecule has 0 spiro atoms. The minimum atomic E-state index is -1.93. The van der Waals surface area contributed by atoms with Gasteiger partial charge in [-0.15, -0.1) is 0 Å². The van der Waals surface area contributed by atoms with Gasteiger partial charge in [-0.2, -0.15) is 0 Å². The van der Waals surface area contributed by atoms with Crippen molar-refractivity contribution in [1.82, 2.24) is 0 Å².